The molecule has 0 saturated carbocycles. The van der Waals surface area contributed by atoms with Gasteiger partial charge in [0.25, 0.3) is 0 Å². The first kappa shape index (κ1) is 23.3. The maximum Gasteiger partial charge on any atom is 0.0214 e. The maximum absolute atomic E-state index is 4.79. The predicted octanol–water partition coefficient (Wildman–Crippen LogP) is 9.89. The Morgan fingerprint density at radius 1 is 0.684 bits per heavy atom. The summed E-state index contributed by atoms with van der Waals surface area (Å²) in [6, 6.07) is 38.1. The van der Waals surface area contributed by atoms with Crippen molar-refractivity contribution < 1.29 is 0 Å². The number of hydrogen-bond donors (Lipinski definition) is 1. The quantitative estimate of drug-likeness (QED) is 0.226. The van der Waals surface area contributed by atoms with Gasteiger partial charge in [-0.1, -0.05) is 103 Å². The Bertz CT molecular complexity index is 1790. The van der Waals surface area contributed by atoms with Crippen LogP contribution in [0.3, 0.4) is 0 Å². The summed E-state index contributed by atoms with van der Waals surface area (Å²) in [4.78, 5) is 0.997. The summed E-state index contributed by atoms with van der Waals surface area (Å²) >= 11 is 4.79. The highest BCUT2D eigenvalue weighted by Crippen LogP contribution is 2.59. The lowest BCUT2D eigenvalue weighted by atomic mass is 9.60. The fraction of sp³-hybridized carbons (Fsp3) is 0.135. The molecule has 38 heavy (non-hydrogen) atoms. The monoisotopic (exact) mass is 506 g/mol. The molecule has 2 atom stereocenters. The van der Waals surface area contributed by atoms with Crippen molar-refractivity contribution in [3.63, 3.8) is 0 Å². The molecule has 0 fully saturated rings. The third-order valence-corrected chi connectivity index (χ3v) is 8.72. The molecule has 184 valence electrons. The van der Waals surface area contributed by atoms with E-state index in [4.69, 9.17) is 12.6 Å². The van der Waals surface area contributed by atoms with Gasteiger partial charge in [0.2, 0.25) is 0 Å². The molecule has 0 aliphatic heterocycles. The number of allylic oxidation sites excluding steroid dienone is 2. The predicted molar refractivity (Wildman–Crippen MR) is 164 cm³/mol. The molecular formula is C37H30S. The molecule has 5 aromatic rings. The lowest BCUT2D eigenvalue weighted by molar-refractivity contribution is 0.667. The van der Waals surface area contributed by atoms with E-state index in [0.29, 0.717) is 0 Å². The average molecular weight is 507 g/mol. The molecule has 5 aromatic carbocycles. The van der Waals surface area contributed by atoms with Crippen LogP contribution in [-0.4, -0.2) is 0 Å². The van der Waals surface area contributed by atoms with Crippen molar-refractivity contribution in [2.45, 2.75) is 37.5 Å². The van der Waals surface area contributed by atoms with Crippen molar-refractivity contribution in [1.82, 2.24) is 0 Å². The van der Waals surface area contributed by atoms with Gasteiger partial charge in [-0.05, 0) is 99.3 Å². The van der Waals surface area contributed by atoms with Gasteiger partial charge < -0.3 is 0 Å². The molecule has 7 rings (SSSR count). The second-order valence-corrected chi connectivity index (χ2v) is 11.4. The highest BCUT2D eigenvalue weighted by atomic mass is 32.1. The summed E-state index contributed by atoms with van der Waals surface area (Å²) < 4.78 is 0. The lowest BCUT2D eigenvalue weighted by Gasteiger charge is -2.43. The zero-order valence-corrected chi connectivity index (χ0v) is 22.9. The van der Waals surface area contributed by atoms with Crippen molar-refractivity contribution in [3.05, 3.63) is 159 Å². The largest absolute Gasteiger partial charge is 0.143 e. The Kier molecular flexibility index (Phi) is 5.46. The van der Waals surface area contributed by atoms with Crippen LogP contribution in [-0.2, 0) is 0 Å². The molecule has 0 heterocycles. The summed E-state index contributed by atoms with van der Waals surface area (Å²) in [5.41, 5.74) is 15.1. The van der Waals surface area contributed by atoms with E-state index >= 15 is 0 Å². The minimum atomic E-state index is 0.214. The van der Waals surface area contributed by atoms with Crippen molar-refractivity contribution in [2.24, 2.45) is 0 Å². The third-order valence-electron chi connectivity index (χ3n) is 8.44. The zero-order valence-electron chi connectivity index (χ0n) is 22.0. The van der Waals surface area contributed by atoms with Gasteiger partial charge in [0, 0.05) is 16.7 Å². The van der Waals surface area contributed by atoms with Crippen LogP contribution < -0.4 is 0 Å². The zero-order chi connectivity index (χ0) is 26.0. The molecule has 0 radical (unpaired) electrons. The second kappa shape index (κ2) is 8.89. The van der Waals surface area contributed by atoms with Gasteiger partial charge in [0.15, 0.2) is 0 Å². The summed E-state index contributed by atoms with van der Waals surface area (Å²) in [6.07, 6.45) is 2.40. The van der Waals surface area contributed by atoms with Crippen molar-refractivity contribution in [3.8, 4) is 0 Å². The number of thiol groups is 1. The SMILES string of the molecule is CC1=Cc2ccc(C)cc2C2C1=C(c1ccccc1)c1c(c(C)cc3ccc(S)cc13)C2c1ccccc1. The highest BCUT2D eigenvalue weighted by molar-refractivity contribution is 7.80. The molecule has 2 aliphatic rings. The van der Waals surface area contributed by atoms with Gasteiger partial charge in [0.05, 0.1) is 0 Å². The van der Waals surface area contributed by atoms with Crippen LogP contribution in [0.15, 0.2) is 119 Å². The second-order valence-electron chi connectivity index (χ2n) is 10.9. The van der Waals surface area contributed by atoms with E-state index in [1.807, 2.05) is 0 Å². The fourth-order valence-electron chi connectivity index (χ4n) is 6.94. The first-order valence-corrected chi connectivity index (χ1v) is 13.9. The van der Waals surface area contributed by atoms with E-state index in [9.17, 15) is 0 Å². The van der Waals surface area contributed by atoms with Crippen LogP contribution in [0.2, 0.25) is 0 Å². The topological polar surface area (TPSA) is 0 Å². The van der Waals surface area contributed by atoms with Crippen LogP contribution in [0.5, 0.6) is 0 Å². The summed E-state index contributed by atoms with van der Waals surface area (Å²) in [5, 5.41) is 2.55. The molecule has 0 N–H and O–H groups in total. The third kappa shape index (κ3) is 3.53. The molecule has 1 heteroatoms. The molecule has 0 bridgehead atoms. The van der Waals surface area contributed by atoms with Crippen molar-refractivity contribution in [1.29, 1.82) is 0 Å². The minimum Gasteiger partial charge on any atom is -0.143 e. The smallest absolute Gasteiger partial charge is 0.0214 e. The summed E-state index contributed by atoms with van der Waals surface area (Å²) in [5.74, 6) is 0.446. The Balaban J connectivity index is 1.71. The molecule has 2 aliphatic carbocycles. The van der Waals surface area contributed by atoms with Crippen LogP contribution in [0.25, 0.3) is 22.4 Å². The standard InChI is InChI=1S/C37H30S/c1-22-14-15-27-19-23(2)32-35(26-12-8-5-9-13-26)37-31-21-29(38)17-16-28(31)20-24(3)33(37)34(36(32)30(27)18-22)25-10-6-4-7-11-25/h4-21,34,36,38H,1-3H3. The lowest BCUT2D eigenvalue weighted by Crippen LogP contribution is -2.26. The van der Waals surface area contributed by atoms with Crippen molar-refractivity contribution in [2.75, 3.05) is 0 Å². The van der Waals surface area contributed by atoms with Crippen LogP contribution in [0.1, 0.15) is 63.3 Å². The van der Waals surface area contributed by atoms with E-state index in [2.05, 4.69) is 130 Å². The fourth-order valence-corrected chi connectivity index (χ4v) is 7.14. The Morgan fingerprint density at radius 2 is 1.42 bits per heavy atom. The summed E-state index contributed by atoms with van der Waals surface area (Å²) in [7, 11) is 0. The van der Waals surface area contributed by atoms with Gasteiger partial charge in [0.1, 0.15) is 0 Å². The highest BCUT2D eigenvalue weighted by Gasteiger charge is 2.42. The van der Waals surface area contributed by atoms with Gasteiger partial charge in [-0.25, -0.2) is 0 Å². The molecule has 0 nitrogen and oxygen atoms in total. The number of fused-ring (bicyclic) bond motifs is 6. The number of aryl methyl sites for hydroxylation is 2. The van der Waals surface area contributed by atoms with E-state index in [1.165, 1.54) is 72.0 Å². The molecular weight excluding hydrogens is 476 g/mol. The van der Waals surface area contributed by atoms with Gasteiger partial charge in [-0.15, -0.1) is 12.6 Å². The first-order chi connectivity index (χ1) is 18.5. The van der Waals surface area contributed by atoms with Crippen LogP contribution >= 0.6 is 12.6 Å². The van der Waals surface area contributed by atoms with Crippen LogP contribution in [0.4, 0.5) is 0 Å². The Hall–Kier alpha value is -3.81. The van der Waals surface area contributed by atoms with Crippen LogP contribution in [0, 0.1) is 13.8 Å². The molecule has 0 spiro atoms. The average Bonchev–Trinajstić information content (AvgIpc) is 2.93. The normalized spacial score (nSPS) is 18.1. The summed E-state index contributed by atoms with van der Waals surface area (Å²) in [6.45, 7) is 6.83. The number of rotatable bonds is 2. The minimum absolute atomic E-state index is 0.214. The Morgan fingerprint density at radius 3 is 2.18 bits per heavy atom. The first-order valence-electron chi connectivity index (χ1n) is 13.4. The van der Waals surface area contributed by atoms with Gasteiger partial charge in [-0.3, -0.25) is 0 Å². The van der Waals surface area contributed by atoms with E-state index in [-0.39, 0.29) is 11.8 Å². The maximum atomic E-state index is 4.79. The Labute approximate surface area is 230 Å². The molecule has 0 aromatic heterocycles. The van der Waals surface area contributed by atoms with Gasteiger partial charge in [-0.2, -0.15) is 0 Å². The van der Waals surface area contributed by atoms with E-state index < -0.39 is 0 Å². The molecule has 2 unspecified atom stereocenters. The number of hydrogen-bond acceptors (Lipinski definition) is 1. The molecule has 0 saturated heterocycles. The van der Waals surface area contributed by atoms with E-state index in [0.717, 1.165) is 4.90 Å². The molecule has 0 amide bonds. The van der Waals surface area contributed by atoms with Gasteiger partial charge >= 0.3 is 0 Å². The number of benzene rings is 5. The van der Waals surface area contributed by atoms with E-state index in [1.54, 1.807) is 0 Å². The van der Waals surface area contributed by atoms with Crippen molar-refractivity contribution >= 4 is 35.1 Å².